The van der Waals surface area contributed by atoms with Gasteiger partial charge in [0.1, 0.15) is 11.7 Å². The average molecular weight is 354 g/mol. The van der Waals surface area contributed by atoms with Gasteiger partial charge in [-0.15, -0.1) is 0 Å². The smallest absolute Gasteiger partial charge is 0.270 e. The topological polar surface area (TPSA) is 59.7 Å². The van der Waals surface area contributed by atoms with E-state index in [4.69, 9.17) is 0 Å². The minimum absolute atomic E-state index is 0.00931. The molecule has 2 amide bonds. The van der Waals surface area contributed by atoms with Gasteiger partial charge in [-0.25, -0.2) is 0 Å². The van der Waals surface area contributed by atoms with E-state index in [0.717, 1.165) is 11.1 Å². The van der Waals surface area contributed by atoms with Crippen molar-refractivity contribution in [2.24, 2.45) is 0 Å². The van der Waals surface area contributed by atoms with Crippen LogP contribution < -0.4 is 0 Å². The molecular formula is C20H26N4O2. The molecule has 1 atom stereocenters. The predicted octanol–water partition coefficient (Wildman–Crippen LogP) is 1.91. The van der Waals surface area contributed by atoms with Gasteiger partial charge in [-0.2, -0.15) is 0 Å². The third-order valence-electron chi connectivity index (χ3n) is 4.82. The summed E-state index contributed by atoms with van der Waals surface area (Å²) < 4.78 is 0. The zero-order valence-corrected chi connectivity index (χ0v) is 15.6. The van der Waals surface area contributed by atoms with E-state index in [2.05, 4.69) is 11.1 Å². The summed E-state index contributed by atoms with van der Waals surface area (Å²) in [6.45, 7) is 4.25. The third-order valence-corrected chi connectivity index (χ3v) is 4.82. The molecule has 0 radical (unpaired) electrons. The molecular weight excluding hydrogens is 328 g/mol. The van der Waals surface area contributed by atoms with Crippen LogP contribution in [0.15, 0.2) is 42.6 Å². The lowest BCUT2D eigenvalue weighted by Crippen LogP contribution is -2.52. The van der Waals surface area contributed by atoms with Crippen LogP contribution in [-0.4, -0.2) is 71.8 Å². The summed E-state index contributed by atoms with van der Waals surface area (Å²) in [7, 11) is 3.85. The highest BCUT2D eigenvalue weighted by molar-refractivity contribution is 5.92. The van der Waals surface area contributed by atoms with Crippen LogP contribution in [0, 0.1) is 6.92 Å². The van der Waals surface area contributed by atoms with E-state index >= 15 is 0 Å². The number of hydrogen-bond acceptors (Lipinski definition) is 3. The largest absolute Gasteiger partial charge is 0.357 e. The molecule has 1 aliphatic rings. The van der Waals surface area contributed by atoms with E-state index in [1.54, 1.807) is 17.2 Å². The second-order valence-corrected chi connectivity index (χ2v) is 6.98. The number of nitrogens with zero attached hydrogens (tertiary/aromatic N) is 3. The molecule has 6 heteroatoms. The fraction of sp³-hybridized carbons (Fsp3) is 0.400. The molecule has 1 aromatic carbocycles. The van der Waals surface area contributed by atoms with Gasteiger partial charge in [0.25, 0.3) is 5.91 Å². The molecule has 0 saturated carbocycles. The summed E-state index contributed by atoms with van der Waals surface area (Å²) in [4.78, 5) is 34.1. The van der Waals surface area contributed by atoms with Crippen molar-refractivity contribution in [2.45, 2.75) is 13.0 Å². The second-order valence-electron chi connectivity index (χ2n) is 6.98. The zero-order chi connectivity index (χ0) is 18.7. The first-order chi connectivity index (χ1) is 12.5. The molecule has 0 bridgehead atoms. The van der Waals surface area contributed by atoms with Gasteiger partial charge in [-0.3, -0.25) is 14.5 Å². The van der Waals surface area contributed by atoms with Gasteiger partial charge in [0.2, 0.25) is 5.91 Å². The Balaban J connectivity index is 1.67. The number of benzene rings is 1. The standard InChI is InChI=1S/C20H26N4O2/c1-15-6-4-7-16(14-15)18(22(2)3)20(26)24-12-10-23(11-13-24)19(25)17-8-5-9-21-17/h4-9,14,18,21H,10-13H2,1-3H3/t18-/m1/s1. The van der Waals surface area contributed by atoms with E-state index in [-0.39, 0.29) is 17.9 Å². The molecule has 0 spiro atoms. The molecule has 1 fully saturated rings. The van der Waals surface area contributed by atoms with Crippen LogP contribution >= 0.6 is 0 Å². The Morgan fingerprint density at radius 3 is 2.31 bits per heavy atom. The molecule has 2 aromatic rings. The Bertz CT molecular complexity index is 762. The first kappa shape index (κ1) is 18.2. The van der Waals surface area contributed by atoms with Crippen molar-refractivity contribution in [3.8, 4) is 0 Å². The molecule has 3 rings (SSSR count). The number of likely N-dealkylation sites (N-methyl/N-ethyl adjacent to an activating group) is 1. The predicted molar refractivity (Wildman–Crippen MR) is 101 cm³/mol. The van der Waals surface area contributed by atoms with Crippen molar-refractivity contribution < 1.29 is 9.59 Å². The first-order valence-electron chi connectivity index (χ1n) is 8.92. The van der Waals surface area contributed by atoms with E-state index in [1.807, 2.05) is 55.1 Å². The Morgan fingerprint density at radius 1 is 1.04 bits per heavy atom. The summed E-state index contributed by atoms with van der Waals surface area (Å²) in [5.41, 5.74) is 2.74. The normalized spacial score (nSPS) is 16.0. The molecule has 0 aliphatic carbocycles. The van der Waals surface area contributed by atoms with Gasteiger partial charge >= 0.3 is 0 Å². The Morgan fingerprint density at radius 2 is 1.73 bits per heavy atom. The van der Waals surface area contributed by atoms with Crippen molar-refractivity contribution in [3.63, 3.8) is 0 Å². The maximum Gasteiger partial charge on any atom is 0.270 e. The quantitative estimate of drug-likeness (QED) is 0.912. The van der Waals surface area contributed by atoms with Crippen molar-refractivity contribution in [1.82, 2.24) is 19.7 Å². The number of aromatic amines is 1. The van der Waals surface area contributed by atoms with Gasteiger partial charge in [-0.1, -0.05) is 29.8 Å². The molecule has 2 heterocycles. The lowest BCUT2D eigenvalue weighted by atomic mass is 10.0. The van der Waals surface area contributed by atoms with Gasteiger partial charge < -0.3 is 14.8 Å². The third kappa shape index (κ3) is 3.80. The van der Waals surface area contributed by atoms with Crippen LogP contribution in [0.5, 0.6) is 0 Å². The fourth-order valence-electron chi connectivity index (χ4n) is 3.44. The molecule has 1 aliphatic heterocycles. The summed E-state index contributed by atoms with van der Waals surface area (Å²) >= 11 is 0. The van der Waals surface area contributed by atoms with Crippen LogP contribution in [0.1, 0.15) is 27.7 Å². The van der Waals surface area contributed by atoms with Gasteiger partial charge in [0.05, 0.1) is 0 Å². The van der Waals surface area contributed by atoms with Crippen LogP contribution in [0.2, 0.25) is 0 Å². The lowest BCUT2D eigenvalue weighted by Gasteiger charge is -2.37. The Kier molecular flexibility index (Phi) is 5.42. The maximum absolute atomic E-state index is 13.1. The van der Waals surface area contributed by atoms with Gasteiger partial charge in [0.15, 0.2) is 0 Å². The number of aromatic nitrogens is 1. The van der Waals surface area contributed by atoms with Crippen LogP contribution in [0.25, 0.3) is 0 Å². The molecule has 138 valence electrons. The highest BCUT2D eigenvalue weighted by Gasteiger charge is 2.31. The van der Waals surface area contributed by atoms with Crippen LogP contribution in [0.4, 0.5) is 0 Å². The minimum Gasteiger partial charge on any atom is -0.357 e. The van der Waals surface area contributed by atoms with E-state index in [1.165, 1.54) is 0 Å². The number of carbonyl (C=O) groups excluding carboxylic acids is 2. The highest BCUT2D eigenvalue weighted by atomic mass is 16.2. The first-order valence-corrected chi connectivity index (χ1v) is 8.92. The number of rotatable bonds is 4. The monoisotopic (exact) mass is 354 g/mol. The Hall–Kier alpha value is -2.60. The summed E-state index contributed by atoms with van der Waals surface area (Å²) in [6, 6.07) is 11.4. The summed E-state index contributed by atoms with van der Waals surface area (Å²) in [5.74, 6) is 0.0810. The second kappa shape index (κ2) is 7.74. The molecule has 1 saturated heterocycles. The molecule has 0 unspecified atom stereocenters. The van der Waals surface area contributed by atoms with E-state index in [0.29, 0.717) is 31.9 Å². The molecule has 1 N–H and O–H groups in total. The number of carbonyl (C=O) groups is 2. The van der Waals surface area contributed by atoms with E-state index in [9.17, 15) is 9.59 Å². The molecule has 26 heavy (non-hydrogen) atoms. The molecule has 1 aromatic heterocycles. The number of nitrogens with one attached hydrogen (secondary N) is 1. The van der Waals surface area contributed by atoms with Crippen LogP contribution in [-0.2, 0) is 4.79 Å². The number of H-pyrrole nitrogens is 1. The lowest BCUT2D eigenvalue weighted by molar-refractivity contribution is -0.137. The highest BCUT2D eigenvalue weighted by Crippen LogP contribution is 2.23. The van der Waals surface area contributed by atoms with Crippen LogP contribution in [0.3, 0.4) is 0 Å². The van der Waals surface area contributed by atoms with Crippen molar-refractivity contribution in [2.75, 3.05) is 40.3 Å². The minimum atomic E-state index is -0.305. The number of amides is 2. The summed E-state index contributed by atoms with van der Waals surface area (Å²) in [6.07, 6.45) is 1.75. The number of hydrogen-bond donors (Lipinski definition) is 1. The van der Waals surface area contributed by atoms with Gasteiger partial charge in [-0.05, 0) is 38.7 Å². The SMILES string of the molecule is Cc1cccc([C@H](C(=O)N2CCN(C(=O)c3ccc[nH]3)CC2)N(C)C)c1. The fourth-order valence-corrected chi connectivity index (χ4v) is 3.44. The number of aryl methyl sites for hydroxylation is 1. The maximum atomic E-state index is 13.1. The number of piperazine rings is 1. The zero-order valence-electron chi connectivity index (χ0n) is 15.6. The van der Waals surface area contributed by atoms with Crippen molar-refractivity contribution >= 4 is 11.8 Å². The van der Waals surface area contributed by atoms with E-state index < -0.39 is 0 Å². The van der Waals surface area contributed by atoms with Crippen molar-refractivity contribution in [3.05, 3.63) is 59.4 Å². The Labute approximate surface area is 154 Å². The summed E-state index contributed by atoms with van der Waals surface area (Å²) in [5, 5.41) is 0. The molecule has 6 nitrogen and oxygen atoms in total. The van der Waals surface area contributed by atoms with Crippen molar-refractivity contribution in [1.29, 1.82) is 0 Å². The average Bonchev–Trinajstić information content (AvgIpc) is 3.16. The van der Waals surface area contributed by atoms with Gasteiger partial charge in [0, 0.05) is 32.4 Å².